The van der Waals surface area contributed by atoms with Crippen molar-refractivity contribution in [2.75, 3.05) is 0 Å². The quantitative estimate of drug-likeness (QED) is 0.546. The van der Waals surface area contributed by atoms with Gasteiger partial charge in [-0.3, -0.25) is 9.98 Å². The molecular formula is C10H7N2. The molecule has 0 N–H and O–H groups in total. The topological polar surface area (TPSA) is 24.7 Å². The van der Waals surface area contributed by atoms with Gasteiger partial charge in [0.1, 0.15) is 0 Å². The summed E-state index contributed by atoms with van der Waals surface area (Å²) in [6.45, 7) is 0. The van der Waals surface area contributed by atoms with E-state index in [1.54, 1.807) is 18.6 Å². The highest BCUT2D eigenvalue weighted by molar-refractivity contribution is 5.94. The second-order valence-corrected chi connectivity index (χ2v) is 2.40. The molecule has 0 bridgehead atoms. The fourth-order valence-corrected chi connectivity index (χ4v) is 1.01. The van der Waals surface area contributed by atoms with Gasteiger partial charge in [-0.25, -0.2) is 0 Å². The van der Waals surface area contributed by atoms with Crippen molar-refractivity contribution in [3.05, 3.63) is 47.8 Å². The van der Waals surface area contributed by atoms with Crippen LogP contribution in [0.5, 0.6) is 0 Å². The van der Waals surface area contributed by atoms with Gasteiger partial charge in [0.15, 0.2) is 0 Å². The summed E-state index contributed by atoms with van der Waals surface area (Å²) in [7, 11) is 0. The van der Waals surface area contributed by atoms with E-state index in [9.17, 15) is 0 Å². The first-order valence-electron chi connectivity index (χ1n) is 3.70. The smallest absolute Gasteiger partial charge is 0.0972 e. The molecule has 2 heteroatoms. The Labute approximate surface area is 71.0 Å². The summed E-state index contributed by atoms with van der Waals surface area (Å²) >= 11 is 0. The van der Waals surface area contributed by atoms with E-state index in [4.69, 9.17) is 0 Å². The van der Waals surface area contributed by atoms with Crippen molar-refractivity contribution in [1.29, 1.82) is 0 Å². The summed E-state index contributed by atoms with van der Waals surface area (Å²) in [5.41, 5.74) is 2.02. The minimum atomic E-state index is 0.977. The van der Waals surface area contributed by atoms with E-state index in [-0.39, 0.29) is 0 Å². The molecule has 2 nitrogen and oxygen atoms in total. The molecule has 0 saturated carbocycles. The molecule has 0 fully saturated rings. The molecule has 1 aliphatic rings. The lowest BCUT2D eigenvalue weighted by molar-refractivity contribution is 1.46. The van der Waals surface area contributed by atoms with Gasteiger partial charge in [0.25, 0.3) is 0 Å². The predicted octanol–water partition coefficient (Wildman–Crippen LogP) is 1.89. The van der Waals surface area contributed by atoms with E-state index in [1.165, 1.54) is 0 Å². The van der Waals surface area contributed by atoms with E-state index in [1.807, 2.05) is 24.3 Å². The van der Waals surface area contributed by atoms with Crippen LogP contribution in [0, 0.1) is 0 Å². The molecule has 0 saturated heterocycles. The Hall–Kier alpha value is -1.70. The van der Waals surface area contributed by atoms with Crippen LogP contribution in [0.3, 0.4) is 0 Å². The van der Waals surface area contributed by atoms with Crippen LogP contribution in [0.4, 0.5) is 0 Å². The minimum Gasteiger partial charge on any atom is -0.262 e. The first-order chi connectivity index (χ1) is 5.97. The van der Waals surface area contributed by atoms with E-state index >= 15 is 0 Å². The van der Waals surface area contributed by atoms with Crippen molar-refractivity contribution in [1.82, 2.24) is 0 Å². The highest BCUT2D eigenvalue weighted by Gasteiger charge is 1.95. The second-order valence-electron chi connectivity index (χ2n) is 2.40. The molecule has 0 aliphatic carbocycles. The molecule has 1 heterocycles. The Morgan fingerprint density at radius 3 is 3.00 bits per heavy atom. The molecule has 1 aliphatic heterocycles. The molecule has 1 aromatic rings. The van der Waals surface area contributed by atoms with Gasteiger partial charge in [0.05, 0.1) is 6.21 Å². The SMILES string of the molecule is [C]1=N/C=C\N=C/c2ccccc2\1. The molecule has 57 valence electrons. The van der Waals surface area contributed by atoms with Crippen LogP contribution in [-0.2, 0) is 0 Å². The molecule has 1 radical (unpaired) electrons. The van der Waals surface area contributed by atoms with Crippen LogP contribution in [-0.4, -0.2) is 12.4 Å². The van der Waals surface area contributed by atoms with Gasteiger partial charge in [0.2, 0.25) is 0 Å². The highest BCUT2D eigenvalue weighted by atomic mass is 14.7. The van der Waals surface area contributed by atoms with E-state index in [0.717, 1.165) is 11.1 Å². The van der Waals surface area contributed by atoms with Crippen LogP contribution in [0.2, 0.25) is 0 Å². The Bertz CT molecular complexity index is 327. The molecule has 0 spiro atoms. The van der Waals surface area contributed by atoms with Gasteiger partial charge in [-0.2, -0.15) is 0 Å². The summed E-state index contributed by atoms with van der Waals surface area (Å²) in [5.74, 6) is 0. The average Bonchev–Trinajstić information content (AvgIpc) is 2.06. The van der Waals surface area contributed by atoms with Crippen LogP contribution < -0.4 is 0 Å². The van der Waals surface area contributed by atoms with Crippen molar-refractivity contribution >= 4 is 12.4 Å². The van der Waals surface area contributed by atoms with Crippen molar-refractivity contribution in [2.24, 2.45) is 9.98 Å². The molecule has 0 amide bonds. The average molecular weight is 155 g/mol. The van der Waals surface area contributed by atoms with Gasteiger partial charge < -0.3 is 0 Å². The first kappa shape index (κ1) is 6.98. The number of benzene rings is 1. The zero-order valence-electron chi connectivity index (χ0n) is 6.44. The molecule has 0 aromatic heterocycles. The highest BCUT2D eigenvalue weighted by Crippen LogP contribution is 2.04. The maximum Gasteiger partial charge on any atom is 0.0972 e. The normalized spacial score (nSPS) is 21.7. The first-order valence-corrected chi connectivity index (χ1v) is 3.70. The molecule has 2 rings (SSSR count). The number of rotatable bonds is 0. The van der Waals surface area contributed by atoms with Gasteiger partial charge >= 0.3 is 0 Å². The fourth-order valence-electron chi connectivity index (χ4n) is 1.01. The van der Waals surface area contributed by atoms with E-state index < -0.39 is 0 Å². The Morgan fingerprint density at radius 1 is 1.08 bits per heavy atom. The molecular weight excluding hydrogens is 148 g/mol. The lowest BCUT2D eigenvalue weighted by Gasteiger charge is -1.97. The summed E-state index contributed by atoms with van der Waals surface area (Å²) < 4.78 is 0. The predicted molar refractivity (Wildman–Crippen MR) is 49.7 cm³/mol. The molecule has 0 atom stereocenters. The molecule has 0 unspecified atom stereocenters. The Kier molecular flexibility index (Phi) is 1.82. The third-order valence-electron chi connectivity index (χ3n) is 1.59. The fraction of sp³-hybridized carbons (Fsp3) is 0. The summed E-state index contributed by atoms with van der Waals surface area (Å²) in [4.78, 5) is 7.96. The third kappa shape index (κ3) is 1.32. The van der Waals surface area contributed by atoms with E-state index in [2.05, 4.69) is 16.2 Å². The van der Waals surface area contributed by atoms with Crippen LogP contribution in [0.1, 0.15) is 11.1 Å². The van der Waals surface area contributed by atoms with Crippen molar-refractivity contribution in [3.8, 4) is 0 Å². The second kappa shape index (κ2) is 3.13. The summed E-state index contributed by atoms with van der Waals surface area (Å²) in [5, 5.41) is 0. The minimum absolute atomic E-state index is 0.977. The van der Waals surface area contributed by atoms with Gasteiger partial charge in [-0.1, -0.05) is 24.3 Å². The summed E-state index contributed by atoms with van der Waals surface area (Å²) in [6, 6.07) is 7.88. The number of hydrogen-bond donors (Lipinski definition) is 0. The van der Waals surface area contributed by atoms with E-state index in [0.29, 0.717) is 0 Å². The van der Waals surface area contributed by atoms with Crippen molar-refractivity contribution in [3.63, 3.8) is 0 Å². The third-order valence-corrected chi connectivity index (χ3v) is 1.59. The lowest BCUT2D eigenvalue weighted by Crippen LogP contribution is -1.91. The summed E-state index contributed by atoms with van der Waals surface area (Å²) in [6.07, 6.45) is 7.97. The van der Waals surface area contributed by atoms with Crippen molar-refractivity contribution < 1.29 is 0 Å². The molecule has 1 aromatic carbocycles. The zero-order valence-corrected chi connectivity index (χ0v) is 6.44. The van der Waals surface area contributed by atoms with Crippen LogP contribution in [0.25, 0.3) is 0 Å². The maximum absolute atomic E-state index is 4.03. The van der Waals surface area contributed by atoms with Crippen molar-refractivity contribution in [2.45, 2.75) is 0 Å². The monoisotopic (exact) mass is 155 g/mol. The Balaban J connectivity index is 2.54. The number of fused-ring (bicyclic) bond motifs is 1. The van der Waals surface area contributed by atoms with Gasteiger partial charge in [-0.15, -0.1) is 0 Å². The zero-order chi connectivity index (χ0) is 8.23. The molecule has 12 heavy (non-hydrogen) atoms. The number of nitrogens with zero attached hydrogens (tertiary/aromatic N) is 2. The number of hydrogen-bond acceptors (Lipinski definition) is 2. The Morgan fingerprint density at radius 2 is 2.00 bits per heavy atom. The number of aliphatic imine (C=N–C) groups is 2. The van der Waals surface area contributed by atoms with Crippen LogP contribution in [0.15, 0.2) is 46.7 Å². The largest absolute Gasteiger partial charge is 0.262 e. The van der Waals surface area contributed by atoms with Gasteiger partial charge in [0, 0.05) is 29.7 Å². The lowest BCUT2D eigenvalue weighted by atomic mass is 10.1. The maximum atomic E-state index is 4.03. The van der Waals surface area contributed by atoms with Gasteiger partial charge in [-0.05, 0) is 0 Å². The van der Waals surface area contributed by atoms with Crippen LogP contribution >= 0.6 is 0 Å². The standard InChI is InChI=1S/C10H7N2/c1-2-4-10-8-12-6-5-11-7-9(10)3-1/h1-7H/b6-5-,9-7?,10-8?,11-5?,11-7-,12-6?,12-8?.